The van der Waals surface area contributed by atoms with E-state index in [-0.39, 0.29) is 6.54 Å². The normalized spacial score (nSPS) is 17.1. The minimum absolute atomic E-state index is 0.168. The molecule has 0 unspecified atom stereocenters. The summed E-state index contributed by atoms with van der Waals surface area (Å²) in [5.74, 6) is -1.88. The van der Waals surface area contributed by atoms with Gasteiger partial charge >= 0.3 is 6.18 Å². The summed E-state index contributed by atoms with van der Waals surface area (Å²) in [5.41, 5.74) is -0.895. The molecule has 0 amide bonds. The van der Waals surface area contributed by atoms with Crippen LogP contribution in [0.5, 0.6) is 0 Å². The molecule has 0 saturated carbocycles. The van der Waals surface area contributed by atoms with Crippen LogP contribution in [0, 0.1) is 5.82 Å². The molecule has 0 spiro atoms. The standard InChI is InChI=1S/C12H13F4N3/c1-11(17-4-5-18-11)19-7-8-2-3-10(13)9(6-8)12(14,15)16/h2-6,17-19H,7H2,1H3. The number of rotatable bonds is 3. The van der Waals surface area contributed by atoms with E-state index in [4.69, 9.17) is 0 Å². The SMILES string of the molecule is CC1(NCc2ccc(F)c(C(F)(F)F)c2)NC=CN1. The topological polar surface area (TPSA) is 36.1 Å². The highest BCUT2D eigenvalue weighted by Crippen LogP contribution is 2.31. The van der Waals surface area contributed by atoms with E-state index in [2.05, 4.69) is 16.0 Å². The molecule has 0 saturated heterocycles. The molecule has 0 aliphatic carbocycles. The fourth-order valence-corrected chi connectivity index (χ4v) is 1.74. The van der Waals surface area contributed by atoms with Crippen molar-refractivity contribution >= 4 is 0 Å². The molecule has 7 heteroatoms. The van der Waals surface area contributed by atoms with E-state index in [9.17, 15) is 17.6 Å². The first kappa shape index (κ1) is 13.7. The first-order valence-corrected chi connectivity index (χ1v) is 5.61. The van der Waals surface area contributed by atoms with Crippen molar-refractivity contribution in [2.75, 3.05) is 0 Å². The van der Waals surface area contributed by atoms with E-state index < -0.39 is 23.3 Å². The van der Waals surface area contributed by atoms with E-state index in [0.29, 0.717) is 5.56 Å². The van der Waals surface area contributed by atoms with Crippen LogP contribution in [0.4, 0.5) is 17.6 Å². The van der Waals surface area contributed by atoms with Gasteiger partial charge in [-0.3, -0.25) is 5.32 Å². The van der Waals surface area contributed by atoms with Crippen LogP contribution >= 0.6 is 0 Å². The maximum Gasteiger partial charge on any atom is 0.419 e. The number of nitrogens with one attached hydrogen (secondary N) is 3. The molecule has 0 bridgehead atoms. The lowest BCUT2D eigenvalue weighted by Crippen LogP contribution is -2.57. The molecule has 1 heterocycles. The molecule has 104 valence electrons. The fourth-order valence-electron chi connectivity index (χ4n) is 1.74. The van der Waals surface area contributed by atoms with Gasteiger partial charge in [0.15, 0.2) is 5.79 Å². The molecule has 1 aromatic carbocycles. The first-order chi connectivity index (χ1) is 8.80. The van der Waals surface area contributed by atoms with Crippen molar-refractivity contribution in [3.63, 3.8) is 0 Å². The van der Waals surface area contributed by atoms with Gasteiger partial charge in [-0.1, -0.05) is 6.07 Å². The molecule has 3 nitrogen and oxygen atoms in total. The summed E-state index contributed by atoms with van der Waals surface area (Å²) in [5, 5.41) is 8.92. The van der Waals surface area contributed by atoms with Crippen molar-refractivity contribution in [3.8, 4) is 0 Å². The van der Waals surface area contributed by atoms with Gasteiger partial charge in [-0.05, 0) is 24.6 Å². The third-order valence-corrected chi connectivity index (χ3v) is 2.81. The lowest BCUT2D eigenvalue weighted by atomic mass is 10.1. The van der Waals surface area contributed by atoms with Crippen molar-refractivity contribution in [3.05, 3.63) is 47.5 Å². The summed E-state index contributed by atoms with van der Waals surface area (Å²) in [6.07, 6.45) is -1.33. The van der Waals surface area contributed by atoms with Gasteiger partial charge in [0.1, 0.15) is 5.82 Å². The van der Waals surface area contributed by atoms with Crippen LogP contribution in [-0.2, 0) is 12.7 Å². The second-order valence-corrected chi connectivity index (χ2v) is 4.41. The highest BCUT2D eigenvalue weighted by Gasteiger charge is 2.34. The van der Waals surface area contributed by atoms with E-state index in [1.165, 1.54) is 6.07 Å². The molecule has 0 radical (unpaired) electrons. The van der Waals surface area contributed by atoms with Crippen LogP contribution in [0.2, 0.25) is 0 Å². The number of alkyl halides is 3. The predicted molar refractivity (Wildman–Crippen MR) is 62.1 cm³/mol. The van der Waals surface area contributed by atoms with Gasteiger partial charge in [0.05, 0.1) is 5.56 Å². The molecule has 0 fully saturated rings. The molecule has 2 rings (SSSR count). The van der Waals surface area contributed by atoms with Gasteiger partial charge in [-0.15, -0.1) is 0 Å². The Morgan fingerprint density at radius 2 is 1.84 bits per heavy atom. The van der Waals surface area contributed by atoms with Crippen LogP contribution in [0.25, 0.3) is 0 Å². The second kappa shape index (κ2) is 4.73. The summed E-state index contributed by atoms with van der Waals surface area (Å²) in [4.78, 5) is 0. The third kappa shape index (κ3) is 3.17. The molecule has 3 N–H and O–H groups in total. The van der Waals surface area contributed by atoms with Gasteiger partial charge in [0.25, 0.3) is 0 Å². The molecule has 0 aromatic heterocycles. The monoisotopic (exact) mass is 275 g/mol. The number of benzene rings is 1. The highest BCUT2D eigenvalue weighted by molar-refractivity contribution is 5.27. The van der Waals surface area contributed by atoms with Crippen molar-refractivity contribution in [1.82, 2.24) is 16.0 Å². The van der Waals surface area contributed by atoms with Crippen molar-refractivity contribution in [2.45, 2.75) is 25.4 Å². The van der Waals surface area contributed by atoms with Crippen molar-refractivity contribution in [2.24, 2.45) is 0 Å². The average Bonchev–Trinajstić information content (AvgIpc) is 2.74. The van der Waals surface area contributed by atoms with E-state index in [1.54, 1.807) is 19.3 Å². The van der Waals surface area contributed by atoms with Crippen molar-refractivity contribution < 1.29 is 17.6 Å². The zero-order valence-corrected chi connectivity index (χ0v) is 10.1. The van der Waals surface area contributed by atoms with Crippen molar-refractivity contribution in [1.29, 1.82) is 0 Å². The van der Waals surface area contributed by atoms with Gasteiger partial charge < -0.3 is 10.6 Å². The lowest BCUT2D eigenvalue weighted by Gasteiger charge is -2.27. The van der Waals surface area contributed by atoms with Crippen LogP contribution in [0.15, 0.2) is 30.6 Å². The predicted octanol–water partition coefficient (Wildman–Crippen LogP) is 2.27. The van der Waals surface area contributed by atoms with Gasteiger partial charge in [0.2, 0.25) is 0 Å². The number of hydrogen-bond donors (Lipinski definition) is 3. The van der Waals surface area contributed by atoms with Gasteiger partial charge in [-0.2, -0.15) is 13.2 Å². The Morgan fingerprint density at radius 1 is 1.21 bits per heavy atom. The van der Waals surface area contributed by atoms with Gasteiger partial charge in [-0.25, -0.2) is 4.39 Å². The first-order valence-electron chi connectivity index (χ1n) is 5.61. The Labute approximate surface area is 107 Å². The summed E-state index contributed by atoms with van der Waals surface area (Å²) < 4.78 is 50.8. The van der Waals surface area contributed by atoms with Crippen LogP contribution in [0.1, 0.15) is 18.1 Å². The van der Waals surface area contributed by atoms with E-state index in [0.717, 1.165) is 12.1 Å². The molecular weight excluding hydrogens is 262 g/mol. The zero-order chi connectivity index (χ0) is 14.1. The molecular formula is C12H13F4N3. The number of hydrogen-bond acceptors (Lipinski definition) is 3. The molecule has 19 heavy (non-hydrogen) atoms. The largest absolute Gasteiger partial charge is 0.419 e. The van der Waals surface area contributed by atoms with Crippen LogP contribution in [-0.4, -0.2) is 5.79 Å². The van der Waals surface area contributed by atoms with E-state index in [1.807, 2.05) is 0 Å². The molecule has 0 atom stereocenters. The molecule has 1 aromatic rings. The Kier molecular flexibility index (Phi) is 3.40. The van der Waals surface area contributed by atoms with Gasteiger partial charge in [0, 0.05) is 18.9 Å². The van der Waals surface area contributed by atoms with Crippen LogP contribution < -0.4 is 16.0 Å². The Bertz CT molecular complexity index is 488. The second-order valence-electron chi connectivity index (χ2n) is 4.41. The zero-order valence-electron chi connectivity index (χ0n) is 10.1. The highest BCUT2D eigenvalue weighted by atomic mass is 19.4. The summed E-state index contributed by atoms with van der Waals surface area (Å²) >= 11 is 0. The third-order valence-electron chi connectivity index (χ3n) is 2.81. The maximum absolute atomic E-state index is 13.1. The minimum atomic E-state index is -4.69. The lowest BCUT2D eigenvalue weighted by molar-refractivity contribution is -0.140. The Morgan fingerprint density at radius 3 is 2.42 bits per heavy atom. The summed E-state index contributed by atoms with van der Waals surface area (Å²) in [6, 6.07) is 2.97. The smallest absolute Gasteiger partial charge is 0.356 e. The summed E-state index contributed by atoms with van der Waals surface area (Å²) in [7, 11) is 0. The van der Waals surface area contributed by atoms with Crippen LogP contribution in [0.3, 0.4) is 0 Å². The average molecular weight is 275 g/mol. The Hall–Kier alpha value is -1.76. The fraction of sp³-hybridized carbons (Fsp3) is 0.333. The summed E-state index contributed by atoms with van der Waals surface area (Å²) in [6.45, 7) is 1.96. The Balaban J connectivity index is 2.09. The molecule has 1 aliphatic heterocycles. The maximum atomic E-state index is 13.1. The minimum Gasteiger partial charge on any atom is -0.356 e. The number of halogens is 4. The quantitative estimate of drug-likeness (QED) is 0.741. The molecule has 1 aliphatic rings. The van der Waals surface area contributed by atoms with E-state index >= 15 is 0 Å².